The molecule has 1 amide bonds. The molecule has 1 aromatic heterocycles. The minimum Gasteiger partial charge on any atom is -0.315 e. The number of rotatable bonds is 3. The van der Waals surface area contributed by atoms with Crippen LogP contribution in [0, 0.1) is 10.1 Å². The summed E-state index contributed by atoms with van der Waals surface area (Å²) >= 11 is 11.4. The largest absolute Gasteiger partial charge is 0.315 e. The van der Waals surface area contributed by atoms with Gasteiger partial charge in [0, 0.05) is 11.1 Å². The lowest BCUT2D eigenvalue weighted by Crippen LogP contribution is -2.15. The number of nitro groups is 1. The highest BCUT2D eigenvalue weighted by Crippen LogP contribution is 2.27. The predicted octanol–water partition coefficient (Wildman–Crippen LogP) is 2.94. The van der Waals surface area contributed by atoms with E-state index in [1.165, 1.54) is 30.6 Å². The summed E-state index contributed by atoms with van der Waals surface area (Å²) in [6.45, 7) is 0. The van der Waals surface area contributed by atoms with Gasteiger partial charge in [0.05, 0.1) is 17.3 Å². The molecule has 0 spiro atoms. The second-order valence-electron chi connectivity index (χ2n) is 3.60. The number of nitro benzene ring substituents is 1. The van der Waals surface area contributed by atoms with Gasteiger partial charge in [-0.05, 0) is 12.1 Å². The Kier molecular flexibility index (Phi) is 4.11. The van der Waals surface area contributed by atoms with E-state index in [0.717, 1.165) is 0 Å². The van der Waals surface area contributed by atoms with Crippen molar-refractivity contribution in [1.82, 2.24) is 9.97 Å². The number of amides is 1. The Morgan fingerprint density at radius 3 is 2.70 bits per heavy atom. The standard InChI is InChI=1S/C11H6Cl2N4O3/c12-6-1-2-9(17(19)20)7(3-6)16-11(18)8-4-14-5-10(13)15-8/h1-5H,(H,16,18). The molecule has 7 nitrogen and oxygen atoms in total. The Labute approximate surface area is 122 Å². The van der Waals surface area contributed by atoms with Gasteiger partial charge >= 0.3 is 0 Å². The van der Waals surface area contributed by atoms with Crippen molar-refractivity contribution in [1.29, 1.82) is 0 Å². The fourth-order valence-corrected chi connectivity index (χ4v) is 1.73. The van der Waals surface area contributed by atoms with Crippen LogP contribution >= 0.6 is 23.2 Å². The summed E-state index contributed by atoms with van der Waals surface area (Å²) in [6, 6.07) is 3.83. The molecule has 0 saturated heterocycles. The lowest BCUT2D eigenvalue weighted by atomic mass is 10.2. The van der Waals surface area contributed by atoms with Crippen LogP contribution in [0.5, 0.6) is 0 Å². The first-order valence-corrected chi connectivity index (χ1v) is 5.96. The van der Waals surface area contributed by atoms with Crippen LogP contribution in [-0.4, -0.2) is 20.8 Å². The van der Waals surface area contributed by atoms with Crippen molar-refractivity contribution in [2.24, 2.45) is 0 Å². The van der Waals surface area contributed by atoms with Gasteiger partial charge in [-0.1, -0.05) is 23.2 Å². The van der Waals surface area contributed by atoms with Crippen molar-refractivity contribution in [3.8, 4) is 0 Å². The molecule has 2 rings (SSSR count). The molecule has 1 heterocycles. The van der Waals surface area contributed by atoms with Crippen molar-refractivity contribution >= 4 is 40.5 Å². The number of halogens is 2. The molecule has 0 fully saturated rings. The molecule has 20 heavy (non-hydrogen) atoms. The summed E-state index contributed by atoms with van der Waals surface area (Å²) in [5.41, 5.74) is -0.376. The van der Waals surface area contributed by atoms with Crippen LogP contribution < -0.4 is 5.32 Å². The van der Waals surface area contributed by atoms with Gasteiger partial charge < -0.3 is 5.32 Å². The Morgan fingerprint density at radius 1 is 1.30 bits per heavy atom. The first-order valence-electron chi connectivity index (χ1n) is 5.20. The van der Waals surface area contributed by atoms with Crippen molar-refractivity contribution in [3.63, 3.8) is 0 Å². The Bertz CT molecular complexity index is 693. The van der Waals surface area contributed by atoms with E-state index in [2.05, 4.69) is 15.3 Å². The molecule has 2 aromatic rings. The van der Waals surface area contributed by atoms with Gasteiger partial charge in [0.2, 0.25) is 0 Å². The van der Waals surface area contributed by atoms with Crippen LogP contribution in [0.3, 0.4) is 0 Å². The first-order chi connectivity index (χ1) is 9.47. The van der Waals surface area contributed by atoms with Crippen LogP contribution in [0.2, 0.25) is 10.2 Å². The molecule has 0 aliphatic heterocycles. The third kappa shape index (κ3) is 3.19. The van der Waals surface area contributed by atoms with Crippen molar-refractivity contribution in [2.75, 3.05) is 5.32 Å². The van der Waals surface area contributed by atoms with Gasteiger partial charge in [-0.2, -0.15) is 0 Å². The number of carbonyl (C=O) groups is 1. The monoisotopic (exact) mass is 312 g/mol. The van der Waals surface area contributed by atoms with E-state index >= 15 is 0 Å². The first kappa shape index (κ1) is 14.2. The number of hydrogen-bond donors (Lipinski definition) is 1. The SMILES string of the molecule is O=C(Nc1cc(Cl)ccc1[N+](=O)[O-])c1cncc(Cl)n1. The summed E-state index contributed by atoms with van der Waals surface area (Å²) in [7, 11) is 0. The average Bonchev–Trinajstić information content (AvgIpc) is 2.38. The van der Waals surface area contributed by atoms with E-state index in [0.29, 0.717) is 0 Å². The highest BCUT2D eigenvalue weighted by atomic mass is 35.5. The third-order valence-corrected chi connectivity index (χ3v) is 2.66. The van der Waals surface area contributed by atoms with E-state index in [9.17, 15) is 14.9 Å². The molecule has 102 valence electrons. The molecule has 0 aliphatic rings. The highest BCUT2D eigenvalue weighted by Gasteiger charge is 2.18. The molecule has 0 atom stereocenters. The van der Waals surface area contributed by atoms with Gasteiger partial charge in [-0.25, -0.2) is 4.98 Å². The Morgan fingerprint density at radius 2 is 2.05 bits per heavy atom. The molecule has 0 unspecified atom stereocenters. The topological polar surface area (TPSA) is 98.0 Å². The molecule has 9 heteroatoms. The van der Waals surface area contributed by atoms with E-state index in [1.54, 1.807) is 0 Å². The number of aromatic nitrogens is 2. The summed E-state index contributed by atoms with van der Waals surface area (Å²) in [4.78, 5) is 29.6. The Hall–Kier alpha value is -2.25. The number of carbonyl (C=O) groups excluding carboxylic acids is 1. The molecule has 0 bridgehead atoms. The maximum absolute atomic E-state index is 11.9. The zero-order chi connectivity index (χ0) is 14.7. The molecule has 1 N–H and O–H groups in total. The van der Waals surface area contributed by atoms with Gasteiger partial charge in [0.1, 0.15) is 16.5 Å². The summed E-state index contributed by atoms with van der Waals surface area (Å²) < 4.78 is 0. The third-order valence-electron chi connectivity index (χ3n) is 2.24. The number of nitrogens with zero attached hydrogens (tertiary/aromatic N) is 3. The molecule has 1 aromatic carbocycles. The van der Waals surface area contributed by atoms with Gasteiger partial charge in [-0.3, -0.25) is 19.9 Å². The van der Waals surface area contributed by atoms with Crippen LogP contribution in [-0.2, 0) is 0 Å². The molecule has 0 saturated carbocycles. The lowest BCUT2D eigenvalue weighted by Gasteiger charge is -2.05. The summed E-state index contributed by atoms with van der Waals surface area (Å²) in [5, 5.41) is 13.5. The minimum absolute atomic E-state index is 0.0331. The fraction of sp³-hybridized carbons (Fsp3) is 0. The van der Waals surface area contributed by atoms with Crippen LogP contribution in [0.25, 0.3) is 0 Å². The predicted molar refractivity (Wildman–Crippen MR) is 73.1 cm³/mol. The van der Waals surface area contributed by atoms with E-state index in [4.69, 9.17) is 23.2 Å². The van der Waals surface area contributed by atoms with Crippen LogP contribution in [0.1, 0.15) is 10.5 Å². The number of benzene rings is 1. The van der Waals surface area contributed by atoms with Crippen molar-refractivity contribution < 1.29 is 9.72 Å². The highest BCUT2D eigenvalue weighted by molar-refractivity contribution is 6.31. The van der Waals surface area contributed by atoms with Crippen LogP contribution in [0.4, 0.5) is 11.4 Å². The smallest absolute Gasteiger partial charge is 0.292 e. The summed E-state index contributed by atoms with van der Waals surface area (Å²) in [6.07, 6.45) is 2.46. The quantitative estimate of drug-likeness (QED) is 0.694. The summed E-state index contributed by atoms with van der Waals surface area (Å²) in [5.74, 6) is -0.676. The maximum Gasteiger partial charge on any atom is 0.292 e. The van der Waals surface area contributed by atoms with Crippen molar-refractivity contribution in [3.05, 3.63) is 56.6 Å². The molecular weight excluding hydrogens is 307 g/mol. The van der Waals surface area contributed by atoms with E-state index in [-0.39, 0.29) is 27.2 Å². The molecule has 0 radical (unpaired) electrons. The molecule has 0 aliphatic carbocycles. The number of hydrogen-bond acceptors (Lipinski definition) is 5. The maximum atomic E-state index is 11.9. The normalized spacial score (nSPS) is 10.1. The Balaban J connectivity index is 2.32. The van der Waals surface area contributed by atoms with E-state index < -0.39 is 10.8 Å². The second kappa shape index (κ2) is 5.81. The van der Waals surface area contributed by atoms with E-state index in [1.807, 2.05) is 0 Å². The second-order valence-corrected chi connectivity index (χ2v) is 4.42. The van der Waals surface area contributed by atoms with Crippen molar-refractivity contribution in [2.45, 2.75) is 0 Å². The zero-order valence-corrected chi connectivity index (χ0v) is 11.2. The number of nitrogens with one attached hydrogen (secondary N) is 1. The van der Waals surface area contributed by atoms with Gasteiger partial charge in [0.25, 0.3) is 11.6 Å². The molecular formula is C11H6Cl2N4O3. The van der Waals surface area contributed by atoms with Crippen LogP contribution in [0.15, 0.2) is 30.6 Å². The fourth-order valence-electron chi connectivity index (χ4n) is 1.41. The average molecular weight is 313 g/mol. The number of anilines is 1. The lowest BCUT2D eigenvalue weighted by molar-refractivity contribution is -0.383. The van der Waals surface area contributed by atoms with Gasteiger partial charge in [-0.15, -0.1) is 0 Å². The minimum atomic E-state index is -0.676. The zero-order valence-electron chi connectivity index (χ0n) is 9.71. The van der Waals surface area contributed by atoms with Gasteiger partial charge in [0.15, 0.2) is 0 Å².